The highest BCUT2D eigenvalue weighted by molar-refractivity contribution is 5.94. The lowest BCUT2D eigenvalue weighted by Crippen LogP contribution is -2.40. The molecule has 0 aromatic heterocycles. The number of nitrogens with one attached hydrogen (secondary N) is 1. The van der Waals surface area contributed by atoms with Crippen molar-refractivity contribution in [3.05, 3.63) is 35.1 Å². The highest BCUT2D eigenvalue weighted by Gasteiger charge is 2.29. The molecular weight excluding hydrogens is 257 g/mol. The molecule has 1 aromatic carbocycles. The Morgan fingerprint density at radius 3 is 2.68 bits per heavy atom. The van der Waals surface area contributed by atoms with Crippen LogP contribution in [0.5, 0.6) is 0 Å². The normalized spacial score (nSPS) is 22.5. The van der Waals surface area contributed by atoms with Crippen molar-refractivity contribution in [2.75, 3.05) is 6.54 Å². The molecule has 2 rings (SSSR count). The van der Waals surface area contributed by atoms with Crippen molar-refractivity contribution in [3.8, 4) is 0 Å². The van der Waals surface area contributed by atoms with Crippen LogP contribution in [-0.2, 0) is 0 Å². The molecule has 1 aliphatic carbocycles. The Bertz CT molecular complexity index is 493. The molecule has 19 heavy (non-hydrogen) atoms. The highest BCUT2D eigenvalue weighted by Crippen LogP contribution is 2.25. The Morgan fingerprint density at radius 1 is 1.26 bits per heavy atom. The fourth-order valence-corrected chi connectivity index (χ4v) is 2.46. The molecule has 3 nitrogen and oxygen atoms in total. The number of halogens is 3. The third-order valence-electron chi connectivity index (χ3n) is 3.56. The predicted molar refractivity (Wildman–Crippen MR) is 64.0 cm³/mol. The summed E-state index contributed by atoms with van der Waals surface area (Å²) in [6.45, 7) is 0.436. The van der Waals surface area contributed by atoms with E-state index >= 15 is 0 Å². The van der Waals surface area contributed by atoms with Gasteiger partial charge in [-0.1, -0.05) is 6.42 Å². The van der Waals surface area contributed by atoms with E-state index in [1.54, 1.807) is 0 Å². The number of hydrogen-bond acceptors (Lipinski definition) is 2. The quantitative estimate of drug-likeness (QED) is 0.826. The van der Waals surface area contributed by atoms with Gasteiger partial charge in [-0.15, -0.1) is 0 Å². The van der Waals surface area contributed by atoms with Gasteiger partial charge in [0.15, 0.2) is 17.5 Å². The van der Waals surface area contributed by atoms with E-state index in [0.717, 1.165) is 31.4 Å². The van der Waals surface area contributed by atoms with Crippen molar-refractivity contribution in [2.24, 2.45) is 11.7 Å². The van der Waals surface area contributed by atoms with Gasteiger partial charge in [-0.3, -0.25) is 4.79 Å². The van der Waals surface area contributed by atoms with Gasteiger partial charge < -0.3 is 11.1 Å². The van der Waals surface area contributed by atoms with Crippen LogP contribution < -0.4 is 11.1 Å². The van der Waals surface area contributed by atoms with Crippen LogP contribution in [0.15, 0.2) is 12.1 Å². The van der Waals surface area contributed by atoms with Crippen LogP contribution in [0, 0.1) is 23.4 Å². The van der Waals surface area contributed by atoms with E-state index in [-0.39, 0.29) is 12.0 Å². The van der Waals surface area contributed by atoms with Crippen LogP contribution in [0.3, 0.4) is 0 Å². The second kappa shape index (κ2) is 5.61. The Balaban J connectivity index is 2.14. The molecule has 2 unspecified atom stereocenters. The van der Waals surface area contributed by atoms with Crippen molar-refractivity contribution in [1.29, 1.82) is 0 Å². The van der Waals surface area contributed by atoms with E-state index in [0.29, 0.717) is 6.54 Å². The topological polar surface area (TPSA) is 55.1 Å². The number of carbonyl (C=O) groups excluding carboxylic acids is 1. The molecule has 1 saturated carbocycles. The van der Waals surface area contributed by atoms with E-state index in [9.17, 15) is 18.0 Å². The third kappa shape index (κ3) is 2.73. The number of rotatable bonds is 3. The standard InChI is InChI=1S/C13H15F3N2O/c14-9-5-4-8(11(15)12(9)16)13(19)18-10-3-1-2-7(10)6-17/h4-5,7,10H,1-3,6,17H2,(H,18,19). The average molecular weight is 272 g/mol. The van der Waals surface area contributed by atoms with Crippen LogP contribution >= 0.6 is 0 Å². The van der Waals surface area contributed by atoms with Crippen LogP contribution in [0.4, 0.5) is 13.2 Å². The molecule has 3 N–H and O–H groups in total. The van der Waals surface area contributed by atoms with Gasteiger partial charge in [-0.05, 0) is 37.4 Å². The highest BCUT2D eigenvalue weighted by atomic mass is 19.2. The predicted octanol–water partition coefficient (Wildman–Crippen LogP) is 1.96. The lowest BCUT2D eigenvalue weighted by Gasteiger charge is -2.19. The second-order valence-corrected chi connectivity index (χ2v) is 4.73. The number of nitrogens with two attached hydrogens (primary N) is 1. The molecule has 1 aromatic rings. The SMILES string of the molecule is NCC1CCCC1NC(=O)c1ccc(F)c(F)c1F. The van der Waals surface area contributed by atoms with Crippen molar-refractivity contribution in [3.63, 3.8) is 0 Å². The van der Waals surface area contributed by atoms with Gasteiger partial charge in [0.2, 0.25) is 0 Å². The molecule has 0 radical (unpaired) electrons. The summed E-state index contributed by atoms with van der Waals surface area (Å²) in [5.74, 6) is -4.98. The molecule has 1 aliphatic rings. The molecule has 0 aliphatic heterocycles. The maximum atomic E-state index is 13.5. The Hall–Kier alpha value is -1.56. The van der Waals surface area contributed by atoms with Gasteiger partial charge in [0.05, 0.1) is 5.56 Å². The van der Waals surface area contributed by atoms with E-state index in [2.05, 4.69) is 5.32 Å². The number of benzene rings is 1. The first-order chi connectivity index (χ1) is 9.04. The van der Waals surface area contributed by atoms with Crippen molar-refractivity contribution in [2.45, 2.75) is 25.3 Å². The summed E-state index contributed by atoms with van der Waals surface area (Å²) in [7, 11) is 0. The zero-order valence-corrected chi connectivity index (χ0v) is 10.3. The van der Waals surface area contributed by atoms with E-state index < -0.39 is 28.9 Å². The van der Waals surface area contributed by atoms with Crippen LogP contribution in [0.25, 0.3) is 0 Å². The number of carbonyl (C=O) groups is 1. The Labute approximate surface area is 109 Å². The third-order valence-corrected chi connectivity index (χ3v) is 3.56. The van der Waals surface area contributed by atoms with Gasteiger partial charge in [0.1, 0.15) is 0 Å². The summed E-state index contributed by atoms with van der Waals surface area (Å²) in [5.41, 5.74) is 5.09. The summed E-state index contributed by atoms with van der Waals surface area (Å²) in [6, 6.07) is 1.54. The minimum Gasteiger partial charge on any atom is -0.349 e. The van der Waals surface area contributed by atoms with Gasteiger partial charge in [0, 0.05) is 6.04 Å². The molecule has 0 bridgehead atoms. The number of hydrogen-bond donors (Lipinski definition) is 2. The second-order valence-electron chi connectivity index (χ2n) is 4.73. The smallest absolute Gasteiger partial charge is 0.254 e. The van der Waals surface area contributed by atoms with E-state index in [1.807, 2.05) is 0 Å². The maximum Gasteiger partial charge on any atom is 0.254 e. The van der Waals surface area contributed by atoms with Crippen molar-refractivity contribution < 1.29 is 18.0 Å². The molecule has 0 saturated heterocycles. The van der Waals surface area contributed by atoms with Gasteiger partial charge in [-0.2, -0.15) is 0 Å². The molecule has 0 heterocycles. The molecule has 2 atom stereocenters. The lowest BCUT2D eigenvalue weighted by molar-refractivity contribution is 0.0923. The minimum absolute atomic E-state index is 0.134. The molecule has 1 amide bonds. The molecule has 0 spiro atoms. The minimum atomic E-state index is -1.63. The van der Waals surface area contributed by atoms with Gasteiger partial charge >= 0.3 is 0 Å². The maximum absolute atomic E-state index is 13.5. The summed E-state index contributed by atoms with van der Waals surface area (Å²) < 4.78 is 39.3. The molecule has 1 fully saturated rings. The molecule has 104 valence electrons. The van der Waals surface area contributed by atoms with Gasteiger partial charge in [-0.25, -0.2) is 13.2 Å². The number of amides is 1. The zero-order valence-electron chi connectivity index (χ0n) is 10.3. The fraction of sp³-hybridized carbons (Fsp3) is 0.462. The summed E-state index contributed by atoms with van der Waals surface area (Å²) in [6.07, 6.45) is 2.60. The van der Waals surface area contributed by atoms with Crippen LogP contribution in [0.2, 0.25) is 0 Å². The lowest BCUT2D eigenvalue weighted by atomic mass is 10.0. The van der Waals surface area contributed by atoms with Crippen LogP contribution in [0.1, 0.15) is 29.6 Å². The largest absolute Gasteiger partial charge is 0.349 e. The molecule has 6 heteroatoms. The molecular formula is C13H15F3N2O. The first-order valence-electron chi connectivity index (χ1n) is 6.19. The Morgan fingerprint density at radius 2 is 2.00 bits per heavy atom. The van der Waals surface area contributed by atoms with Gasteiger partial charge in [0.25, 0.3) is 5.91 Å². The zero-order chi connectivity index (χ0) is 14.0. The summed E-state index contributed by atoms with van der Waals surface area (Å²) in [4.78, 5) is 11.9. The summed E-state index contributed by atoms with van der Waals surface area (Å²) in [5, 5.41) is 2.64. The average Bonchev–Trinajstić information content (AvgIpc) is 2.83. The Kier molecular flexibility index (Phi) is 4.09. The van der Waals surface area contributed by atoms with E-state index in [4.69, 9.17) is 5.73 Å². The fourth-order valence-electron chi connectivity index (χ4n) is 2.46. The van der Waals surface area contributed by atoms with Crippen molar-refractivity contribution in [1.82, 2.24) is 5.32 Å². The van der Waals surface area contributed by atoms with Crippen LogP contribution in [-0.4, -0.2) is 18.5 Å². The summed E-state index contributed by atoms with van der Waals surface area (Å²) >= 11 is 0. The van der Waals surface area contributed by atoms with E-state index in [1.165, 1.54) is 0 Å². The first kappa shape index (κ1) is 13.9. The first-order valence-corrected chi connectivity index (χ1v) is 6.19. The monoisotopic (exact) mass is 272 g/mol. The van der Waals surface area contributed by atoms with Crippen molar-refractivity contribution >= 4 is 5.91 Å².